The number of nitrogens with one attached hydrogen (secondary N) is 1. The van der Waals surface area contributed by atoms with Crippen molar-refractivity contribution in [3.63, 3.8) is 0 Å². The number of hydrogen-bond donors (Lipinski definition) is 1. The van der Waals surface area contributed by atoms with Crippen LogP contribution in [0.15, 0.2) is 59.5 Å². The Balaban J connectivity index is 2.01. The van der Waals surface area contributed by atoms with Crippen molar-refractivity contribution < 1.29 is 4.79 Å². The summed E-state index contributed by atoms with van der Waals surface area (Å²) in [6, 6.07) is 15.3. The minimum Gasteiger partial charge on any atom is -0.347 e. The molecule has 0 saturated carbocycles. The van der Waals surface area contributed by atoms with Crippen molar-refractivity contribution in [3.8, 4) is 0 Å². The van der Waals surface area contributed by atoms with Gasteiger partial charge in [-0.05, 0) is 38.5 Å². The van der Waals surface area contributed by atoms with Crippen LogP contribution in [0.3, 0.4) is 0 Å². The number of hydrogen-bond acceptors (Lipinski definition) is 2. The van der Waals surface area contributed by atoms with Crippen molar-refractivity contribution in [1.29, 1.82) is 0 Å². The van der Waals surface area contributed by atoms with Crippen LogP contribution >= 0.6 is 0 Å². The van der Waals surface area contributed by atoms with E-state index in [1.165, 1.54) is 0 Å². The topological polar surface area (TPSA) is 51.1 Å². The molecule has 4 heteroatoms. The van der Waals surface area contributed by atoms with Gasteiger partial charge in [-0.15, -0.1) is 0 Å². The zero-order valence-electron chi connectivity index (χ0n) is 14.7. The molecule has 1 heterocycles. The molecule has 0 spiro atoms. The van der Waals surface area contributed by atoms with Crippen LogP contribution in [0.1, 0.15) is 41.4 Å². The summed E-state index contributed by atoms with van der Waals surface area (Å²) in [5.41, 5.74) is 2.82. The van der Waals surface area contributed by atoms with Gasteiger partial charge in [-0.2, -0.15) is 0 Å². The van der Waals surface area contributed by atoms with Crippen LogP contribution < -0.4 is 10.7 Å². The van der Waals surface area contributed by atoms with E-state index in [-0.39, 0.29) is 22.9 Å². The molecule has 4 nitrogen and oxygen atoms in total. The van der Waals surface area contributed by atoms with E-state index in [1.807, 2.05) is 73.9 Å². The Morgan fingerprint density at radius 3 is 2.56 bits per heavy atom. The van der Waals surface area contributed by atoms with Crippen LogP contribution in [-0.4, -0.2) is 10.5 Å². The van der Waals surface area contributed by atoms with Gasteiger partial charge < -0.3 is 9.88 Å². The molecule has 0 aliphatic rings. The molecule has 0 unspecified atom stereocenters. The smallest absolute Gasteiger partial charge is 0.257 e. The van der Waals surface area contributed by atoms with Gasteiger partial charge in [-0.3, -0.25) is 9.59 Å². The molecular weight excluding hydrogens is 312 g/mol. The monoisotopic (exact) mass is 334 g/mol. The molecule has 1 atom stereocenters. The van der Waals surface area contributed by atoms with Crippen molar-refractivity contribution in [2.45, 2.75) is 33.4 Å². The Labute approximate surface area is 147 Å². The highest BCUT2D eigenvalue weighted by atomic mass is 16.2. The third-order valence-electron chi connectivity index (χ3n) is 4.47. The van der Waals surface area contributed by atoms with E-state index in [2.05, 4.69) is 5.32 Å². The summed E-state index contributed by atoms with van der Waals surface area (Å²) < 4.78 is 1.94. The first kappa shape index (κ1) is 17.0. The van der Waals surface area contributed by atoms with Crippen LogP contribution in [0.5, 0.6) is 0 Å². The Kier molecular flexibility index (Phi) is 4.70. The molecule has 3 aromatic rings. The highest BCUT2D eigenvalue weighted by Crippen LogP contribution is 2.16. The normalized spacial score (nSPS) is 12.1. The zero-order valence-corrected chi connectivity index (χ0v) is 14.7. The maximum Gasteiger partial charge on any atom is 0.257 e. The predicted molar refractivity (Wildman–Crippen MR) is 101 cm³/mol. The molecule has 0 fully saturated rings. The lowest BCUT2D eigenvalue weighted by atomic mass is 10.1. The lowest BCUT2D eigenvalue weighted by Crippen LogP contribution is -2.31. The second kappa shape index (κ2) is 6.93. The molecule has 0 radical (unpaired) electrons. The van der Waals surface area contributed by atoms with Gasteiger partial charge >= 0.3 is 0 Å². The summed E-state index contributed by atoms with van der Waals surface area (Å²) in [5.74, 6) is -0.341. The number of carbonyl (C=O) groups excluding carboxylic acids is 1. The molecule has 25 heavy (non-hydrogen) atoms. The number of carbonyl (C=O) groups is 1. The molecule has 0 saturated heterocycles. The number of aromatic nitrogens is 1. The number of aryl methyl sites for hydroxylation is 2. The van der Waals surface area contributed by atoms with Gasteiger partial charge in [0.2, 0.25) is 5.43 Å². The molecule has 1 aromatic heterocycles. The fourth-order valence-corrected chi connectivity index (χ4v) is 3.03. The van der Waals surface area contributed by atoms with Crippen molar-refractivity contribution in [3.05, 3.63) is 81.6 Å². The summed E-state index contributed by atoms with van der Waals surface area (Å²) in [7, 11) is 0. The fourth-order valence-electron chi connectivity index (χ4n) is 3.03. The summed E-state index contributed by atoms with van der Waals surface area (Å²) in [6.07, 6.45) is 1.66. The van der Waals surface area contributed by atoms with E-state index in [0.29, 0.717) is 11.9 Å². The summed E-state index contributed by atoms with van der Waals surface area (Å²) in [6.45, 7) is 6.54. The van der Waals surface area contributed by atoms with E-state index >= 15 is 0 Å². The minimum absolute atomic E-state index is 0.170. The van der Waals surface area contributed by atoms with Crippen LogP contribution in [0, 0.1) is 6.92 Å². The van der Waals surface area contributed by atoms with Gasteiger partial charge in [0.25, 0.3) is 5.91 Å². The average Bonchev–Trinajstić information content (AvgIpc) is 2.63. The highest BCUT2D eigenvalue weighted by molar-refractivity contribution is 5.97. The third-order valence-corrected chi connectivity index (χ3v) is 4.47. The second-order valence-electron chi connectivity index (χ2n) is 6.28. The predicted octanol–water partition coefficient (Wildman–Crippen LogP) is 3.82. The first-order valence-electron chi connectivity index (χ1n) is 8.51. The first-order chi connectivity index (χ1) is 12.0. The fraction of sp³-hybridized carbons (Fsp3) is 0.238. The second-order valence-corrected chi connectivity index (χ2v) is 6.28. The molecule has 0 aliphatic carbocycles. The van der Waals surface area contributed by atoms with Gasteiger partial charge in [-0.25, -0.2) is 0 Å². The molecule has 2 aromatic carbocycles. The van der Waals surface area contributed by atoms with Gasteiger partial charge in [0.05, 0.1) is 11.6 Å². The van der Waals surface area contributed by atoms with E-state index in [4.69, 9.17) is 0 Å². The minimum atomic E-state index is -0.341. The highest BCUT2D eigenvalue weighted by Gasteiger charge is 2.17. The Hall–Kier alpha value is -2.88. The number of fused-ring (bicyclic) bond motifs is 1. The van der Waals surface area contributed by atoms with Crippen LogP contribution in [0.4, 0.5) is 0 Å². The Bertz CT molecular complexity index is 974. The number of pyridine rings is 1. The zero-order chi connectivity index (χ0) is 18.0. The number of rotatable bonds is 4. The third kappa shape index (κ3) is 3.33. The lowest BCUT2D eigenvalue weighted by Gasteiger charge is -2.16. The van der Waals surface area contributed by atoms with E-state index < -0.39 is 0 Å². The molecular formula is C21H22N2O2. The SMILES string of the molecule is CCn1cc(C(=O)N[C@H](C)c2ccccc2)c(=O)c2cc(C)ccc21. The van der Waals surface area contributed by atoms with Crippen molar-refractivity contribution in [2.75, 3.05) is 0 Å². The number of nitrogens with zero attached hydrogens (tertiary/aromatic N) is 1. The van der Waals surface area contributed by atoms with Crippen LogP contribution in [-0.2, 0) is 6.54 Å². The lowest BCUT2D eigenvalue weighted by molar-refractivity contribution is 0.0938. The van der Waals surface area contributed by atoms with Gasteiger partial charge in [0, 0.05) is 18.1 Å². The van der Waals surface area contributed by atoms with Crippen LogP contribution in [0.2, 0.25) is 0 Å². The molecule has 3 rings (SSSR count). The maximum atomic E-state index is 12.8. The van der Waals surface area contributed by atoms with E-state index in [9.17, 15) is 9.59 Å². The van der Waals surface area contributed by atoms with E-state index in [1.54, 1.807) is 6.20 Å². The summed E-state index contributed by atoms with van der Waals surface area (Å²) in [4.78, 5) is 25.6. The number of benzene rings is 2. The largest absolute Gasteiger partial charge is 0.347 e. The van der Waals surface area contributed by atoms with E-state index in [0.717, 1.165) is 16.6 Å². The molecule has 0 aliphatic heterocycles. The standard InChI is InChI=1S/C21H22N2O2/c1-4-23-13-18(20(24)17-12-14(2)10-11-19(17)23)21(25)22-15(3)16-8-6-5-7-9-16/h5-13,15H,4H2,1-3H3,(H,22,25)/t15-/m1/s1. The molecule has 128 valence electrons. The van der Waals surface area contributed by atoms with Crippen LogP contribution in [0.25, 0.3) is 10.9 Å². The first-order valence-corrected chi connectivity index (χ1v) is 8.51. The van der Waals surface area contributed by atoms with Crippen molar-refractivity contribution in [1.82, 2.24) is 9.88 Å². The van der Waals surface area contributed by atoms with Gasteiger partial charge in [0.1, 0.15) is 5.56 Å². The average molecular weight is 334 g/mol. The van der Waals surface area contributed by atoms with Crippen molar-refractivity contribution >= 4 is 16.8 Å². The Morgan fingerprint density at radius 2 is 1.88 bits per heavy atom. The van der Waals surface area contributed by atoms with Gasteiger partial charge in [-0.1, -0.05) is 42.0 Å². The Morgan fingerprint density at radius 1 is 1.16 bits per heavy atom. The molecule has 1 amide bonds. The summed E-state index contributed by atoms with van der Waals surface area (Å²) in [5, 5.41) is 3.52. The molecule has 1 N–H and O–H groups in total. The summed E-state index contributed by atoms with van der Waals surface area (Å²) >= 11 is 0. The maximum absolute atomic E-state index is 12.8. The molecule has 0 bridgehead atoms. The van der Waals surface area contributed by atoms with Gasteiger partial charge in [0.15, 0.2) is 0 Å². The quantitative estimate of drug-likeness (QED) is 0.788. The number of amides is 1. The van der Waals surface area contributed by atoms with Crippen molar-refractivity contribution in [2.24, 2.45) is 0 Å².